The molecule has 1 aliphatic heterocycles. The van der Waals surface area contributed by atoms with Gasteiger partial charge in [0, 0.05) is 38.6 Å². The zero-order valence-electron chi connectivity index (χ0n) is 10.9. The number of aromatic nitrogens is 2. The molecular formula is C13H17N5O. The Morgan fingerprint density at radius 1 is 1.21 bits per heavy atom. The van der Waals surface area contributed by atoms with Crippen LogP contribution in [0, 0.1) is 0 Å². The van der Waals surface area contributed by atoms with Crippen molar-refractivity contribution >= 4 is 17.2 Å². The van der Waals surface area contributed by atoms with Crippen LogP contribution >= 0.6 is 0 Å². The lowest BCUT2D eigenvalue weighted by molar-refractivity contribution is 0.0996. The number of fused-ring (bicyclic) bond motifs is 1. The Bertz CT molecular complexity index is 613. The van der Waals surface area contributed by atoms with Gasteiger partial charge in [0.05, 0.1) is 5.69 Å². The summed E-state index contributed by atoms with van der Waals surface area (Å²) >= 11 is 0. The standard InChI is InChI=1S/C13H17N5O/c1-16-4-6-17(7-5-16)10-2-3-12-15-11(13(14)19)9-18(12)8-10/h2-3,8-9H,4-7H2,1H3,(H2,14,19). The Morgan fingerprint density at radius 2 is 1.95 bits per heavy atom. The highest BCUT2D eigenvalue weighted by molar-refractivity contribution is 5.91. The molecular weight excluding hydrogens is 242 g/mol. The Kier molecular flexibility index (Phi) is 2.87. The third kappa shape index (κ3) is 2.26. The van der Waals surface area contributed by atoms with E-state index in [0.717, 1.165) is 37.5 Å². The van der Waals surface area contributed by atoms with Gasteiger partial charge in [0.25, 0.3) is 5.91 Å². The average Bonchev–Trinajstić information content (AvgIpc) is 2.82. The van der Waals surface area contributed by atoms with Gasteiger partial charge in [0.2, 0.25) is 0 Å². The van der Waals surface area contributed by atoms with Gasteiger partial charge in [-0.3, -0.25) is 4.79 Å². The molecule has 1 aliphatic rings. The maximum absolute atomic E-state index is 11.1. The number of likely N-dealkylation sites (N-methyl/N-ethyl adjacent to an activating group) is 1. The number of carbonyl (C=O) groups excluding carboxylic acids is 1. The molecule has 0 saturated carbocycles. The summed E-state index contributed by atoms with van der Waals surface area (Å²) in [5.41, 5.74) is 7.43. The molecule has 3 heterocycles. The van der Waals surface area contributed by atoms with Gasteiger partial charge in [0.15, 0.2) is 0 Å². The SMILES string of the molecule is CN1CCN(c2ccc3nc(C(N)=O)cn3c2)CC1. The van der Waals surface area contributed by atoms with Gasteiger partial charge < -0.3 is 19.9 Å². The first-order valence-electron chi connectivity index (χ1n) is 6.35. The number of primary amides is 1. The van der Waals surface area contributed by atoms with Crippen molar-refractivity contribution in [3.8, 4) is 0 Å². The number of hydrogen-bond donors (Lipinski definition) is 1. The number of nitrogens with zero attached hydrogens (tertiary/aromatic N) is 4. The van der Waals surface area contributed by atoms with Crippen molar-refractivity contribution in [2.75, 3.05) is 38.1 Å². The number of imidazole rings is 1. The van der Waals surface area contributed by atoms with Crippen LogP contribution in [0.2, 0.25) is 0 Å². The van der Waals surface area contributed by atoms with Crippen molar-refractivity contribution < 1.29 is 4.79 Å². The first kappa shape index (κ1) is 12.0. The lowest BCUT2D eigenvalue weighted by atomic mass is 10.3. The van der Waals surface area contributed by atoms with E-state index in [1.807, 2.05) is 22.7 Å². The maximum atomic E-state index is 11.1. The Labute approximate surface area is 111 Å². The highest BCUT2D eigenvalue weighted by atomic mass is 16.1. The van der Waals surface area contributed by atoms with Gasteiger partial charge >= 0.3 is 0 Å². The van der Waals surface area contributed by atoms with Crippen LogP contribution in [0.1, 0.15) is 10.5 Å². The van der Waals surface area contributed by atoms with Gasteiger partial charge in [-0.15, -0.1) is 0 Å². The van der Waals surface area contributed by atoms with Gasteiger partial charge in [0.1, 0.15) is 11.3 Å². The smallest absolute Gasteiger partial charge is 0.268 e. The highest BCUT2D eigenvalue weighted by Gasteiger charge is 2.15. The molecule has 0 radical (unpaired) electrons. The molecule has 19 heavy (non-hydrogen) atoms. The van der Waals surface area contributed by atoms with Crippen LogP contribution in [0.4, 0.5) is 5.69 Å². The number of nitrogens with two attached hydrogens (primary N) is 1. The fraction of sp³-hybridized carbons (Fsp3) is 0.385. The highest BCUT2D eigenvalue weighted by Crippen LogP contribution is 2.17. The molecule has 1 saturated heterocycles. The van der Waals surface area contributed by atoms with E-state index >= 15 is 0 Å². The third-order valence-electron chi connectivity index (χ3n) is 3.56. The number of rotatable bonds is 2. The summed E-state index contributed by atoms with van der Waals surface area (Å²) < 4.78 is 1.85. The van der Waals surface area contributed by atoms with Crippen LogP contribution < -0.4 is 10.6 Å². The molecule has 0 unspecified atom stereocenters. The van der Waals surface area contributed by atoms with Crippen molar-refractivity contribution in [1.29, 1.82) is 0 Å². The molecule has 0 bridgehead atoms. The fourth-order valence-electron chi connectivity index (χ4n) is 2.35. The zero-order chi connectivity index (χ0) is 13.4. The molecule has 0 aromatic carbocycles. The lowest BCUT2D eigenvalue weighted by Gasteiger charge is -2.33. The van der Waals surface area contributed by atoms with Crippen LogP contribution in [0.25, 0.3) is 5.65 Å². The number of piperazine rings is 1. The summed E-state index contributed by atoms with van der Waals surface area (Å²) in [6.07, 6.45) is 3.68. The maximum Gasteiger partial charge on any atom is 0.268 e. The quantitative estimate of drug-likeness (QED) is 0.835. The van der Waals surface area contributed by atoms with Gasteiger partial charge in [-0.2, -0.15) is 0 Å². The summed E-state index contributed by atoms with van der Waals surface area (Å²) in [5, 5.41) is 0. The molecule has 3 rings (SSSR count). The Balaban J connectivity index is 1.90. The van der Waals surface area contributed by atoms with Crippen LogP contribution in [0.15, 0.2) is 24.5 Å². The fourth-order valence-corrected chi connectivity index (χ4v) is 2.35. The van der Waals surface area contributed by atoms with E-state index in [1.165, 1.54) is 0 Å². The van der Waals surface area contributed by atoms with E-state index in [1.54, 1.807) is 6.20 Å². The molecule has 2 N–H and O–H groups in total. The summed E-state index contributed by atoms with van der Waals surface area (Å²) in [7, 11) is 2.13. The Hall–Kier alpha value is -2.08. The van der Waals surface area contributed by atoms with Crippen molar-refractivity contribution in [2.24, 2.45) is 5.73 Å². The normalized spacial score (nSPS) is 17.0. The second kappa shape index (κ2) is 4.55. The van der Waals surface area contributed by atoms with E-state index in [9.17, 15) is 4.79 Å². The minimum absolute atomic E-state index is 0.301. The third-order valence-corrected chi connectivity index (χ3v) is 3.56. The van der Waals surface area contributed by atoms with Crippen molar-refractivity contribution in [1.82, 2.24) is 14.3 Å². The van der Waals surface area contributed by atoms with Crippen molar-refractivity contribution in [3.05, 3.63) is 30.2 Å². The predicted molar refractivity (Wildman–Crippen MR) is 73.4 cm³/mol. The van der Waals surface area contributed by atoms with E-state index < -0.39 is 5.91 Å². The lowest BCUT2D eigenvalue weighted by Crippen LogP contribution is -2.44. The molecule has 2 aromatic heterocycles. The van der Waals surface area contributed by atoms with Crippen LogP contribution in [0.3, 0.4) is 0 Å². The summed E-state index contributed by atoms with van der Waals surface area (Å²) in [6, 6.07) is 3.96. The molecule has 0 spiro atoms. The number of pyridine rings is 1. The number of anilines is 1. The van der Waals surface area contributed by atoms with E-state index in [-0.39, 0.29) is 0 Å². The van der Waals surface area contributed by atoms with Crippen LogP contribution in [-0.4, -0.2) is 53.4 Å². The molecule has 6 heteroatoms. The summed E-state index contributed by atoms with van der Waals surface area (Å²) in [5.74, 6) is -0.496. The molecule has 0 atom stereocenters. The predicted octanol–water partition coefficient (Wildman–Crippen LogP) is 0.185. The molecule has 0 aliphatic carbocycles. The molecule has 1 fully saturated rings. The molecule has 2 aromatic rings. The van der Waals surface area contributed by atoms with Crippen LogP contribution in [-0.2, 0) is 0 Å². The molecule has 6 nitrogen and oxygen atoms in total. The average molecular weight is 259 g/mol. The molecule has 100 valence electrons. The zero-order valence-corrected chi connectivity index (χ0v) is 10.9. The topological polar surface area (TPSA) is 66.9 Å². The molecule has 1 amide bonds. The van der Waals surface area contributed by atoms with Crippen LogP contribution in [0.5, 0.6) is 0 Å². The Morgan fingerprint density at radius 3 is 2.63 bits per heavy atom. The number of hydrogen-bond acceptors (Lipinski definition) is 4. The van der Waals surface area contributed by atoms with E-state index in [2.05, 4.69) is 21.8 Å². The second-order valence-corrected chi connectivity index (χ2v) is 4.93. The van der Waals surface area contributed by atoms with Crippen molar-refractivity contribution in [2.45, 2.75) is 0 Å². The summed E-state index contributed by atoms with van der Waals surface area (Å²) in [4.78, 5) is 19.9. The minimum Gasteiger partial charge on any atom is -0.368 e. The summed E-state index contributed by atoms with van der Waals surface area (Å²) in [6.45, 7) is 4.15. The van der Waals surface area contributed by atoms with Gasteiger partial charge in [-0.05, 0) is 19.2 Å². The monoisotopic (exact) mass is 259 g/mol. The van der Waals surface area contributed by atoms with Gasteiger partial charge in [-0.25, -0.2) is 4.98 Å². The van der Waals surface area contributed by atoms with E-state index in [0.29, 0.717) is 5.69 Å². The first-order valence-corrected chi connectivity index (χ1v) is 6.35. The van der Waals surface area contributed by atoms with Crippen molar-refractivity contribution in [3.63, 3.8) is 0 Å². The number of carbonyl (C=O) groups is 1. The van der Waals surface area contributed by atoms with E-state index in [4.69, 9.17) is 5.73 Å². The minimum atomic E-state index is -0.496. The second-order valence-electron chi connectivity index (χ2n) is 4.93. The first-order chi connectivity index (χ1) is 9.13. The number of amides is 1. The largest absolute Gasteiger partial charge is 0.368 e. The van der Waals surface area contributed by atoms with Gasteiger partial charge in [-0.1, -0.05) is 0 Å².